The SMILES string of the molecule is C=CC(=O)OCCCCCCCCCCC(F)F. The highest BCUT2D eigenvalue weighted by atomic mass is 19.3. The quantitative estimate of drug-likeness (QED) is 0.294. The van der Waals surface area contributed by atoms with E-state index < -0.39 is 6.43 Å². The van der Waals surface area contributed by atoms with Crippen LogP contribution in [0.15, 0.2) is 12.7 Å². The van der Waals surface area contributed by atoms with Gasteiger partial charge in [0.2, 0.25) is 6.43 Å². The van der Waals surface area contributed by atoms with E-state index in [1.54, 1.807) is 0 Å². The fourth-order valence-corrected chi connectivity index (χ4v) is 1.69. The molecule has 0 aliphatic carbocycles. The molecular weight excluding hydrogens is 238 g/mol. The van der Waals surface area contributed by atoms with Crippen LogP contribution in [0.2, 0.25) is 0 Å². The minimum absolute atomic E-state index is 0.0364. The molecule has 0 aromatic rings. The van der Waals surface area contributed by atoms with Crippen LogP contribution in [0.5, 0.6) is 0 Å². The van der Waals surface area contributed by atoms with Gasteiger partial charge in [0.15, 0.2) is 0 Å². The Balaban J connectivity index is 3.03. The summed E-state index contributed by atoms with van der Waals surface area (Å²) in [6.07, 6.45) is 6.90. The van der Waals surface area contributed by atoms with Gasteiger partial charge < -0.3 is 4.74 Å². The minimum Gasteiger partial charge on any atom is -0.463 e. The number of hydrogen-bond acceptors (Lipinski definition) is 2. The molecule has 0 aromatic carbocycles. The summed E-state index contributed by atoms with van der Waals surface area (Å²) < 4.78 is 28.5. The van der Waals surface area contributed by atoms with Crippen LogP contribution < -0.4 is 0 Å². The third kappa shape index (κ3) is 13.1. The first-order valence-corrected chi connectivity index (χ1v) is 6.74. The van der Waals surface area contributed by atoms with Gasteiger partial charge in [-0.05, 0) is 12.8 Å². The second kappa shape index (κ2) is 12.5. The molecule has 2 nitrogen and oxygen atoms in total. The van der Waals surface area contributed by atoms with Crippen LogP contribution in [0.3, 0.4) is 0 Å². The molecule has 0 bridgehead atoms. The third-order valence-corrected chi connectivity index (χ3v) is 2.73. The zero-order valence-electron chi connectivity index (χ0n) is 11.0. The fraction of sp³-hybridized carbons (Fsp3) is 0.786. The molecular formula is C14H24F2O2. The van der Waals surface area contributed by atoms with Gasteiger partial charge in [-0.3, -0.25) is 0 Å². The molecule has 0 saturated heterocycles. The van der Waals surface area contributed by atoms with Gasteiger partial charge in [0.1, 0.15) is 0 Å². The van der Waals surface area contributed by atoms with E-state index in [0.717, 1.165) is 44.9 Å². The third-order valence-electron chi connectivity index (χ3n) is 2.73. The normalized spacial score (nSPS) is 10.6. The summed E-state index contributed by atoms with van der Waals surface area (Å²) in [5.41, 5.74) is 0. The monoisotopic (exact) mass is 262 g/mol. The first kappa shape index (κ1) is 17.1. The largest absolute Gasteiger partial charge is 0.463 e. The van der Waals surface area contributed by atoms with E-state index in [0.29, 0.717) is 13.0 Å². The first-order valence-electron chi connectivity index (χ1n) is 6.74. The Morgan fingerprint density at radius 1 is 1.00 bits per heavy atom. The van der Waals surface area contributed by atoms with Crippen LogP contribution in [0.4, 0.5) is 8.78 Å². The Bertz CT molecular complexity index is 218. The van der Waals surface area contributed by atoms with Gasteiger partial charge in [-0.2, -0.15) is 0 Å². The molecule has 0 unspecified atom stereocenters. The lowest BCUT2D eigenvalue weighted by Crippen LogP contribution is -2.01. The molecule has 0 heterocycles. The molecule has 0 fully saturated rings. The molecule has 0 aliphatic heterocycles. The van der Waals surface area contributed by atoms with Crippen molar-refractivity contribution in [3.63, 3.8) is 0 Å². The molecule has 0 spiro atoms. The van der Waals surface area contributed by atoms with Crippen molar-refractivity contribution < 1.29 is 18.3 Å². The summed E-state index contributed by atoms with van der Waals surface area (Å²) in [6, 6.07) is 0. The van der Waals surface area contributed by atoms with Gasteiger partial charge in [-0.1, -0.05) is 45.1 Å². The number of ether oxygens (including phenoxy) is 1. The van der Waals surface area contributed by atoms with E-state index in [1.165, 1.54) is 6.08 Å². The maximum Gasteiger partial charge on any atom is 0.330 e. The molecule has 0 atom stereocenters. The average molecular weight is 262 g/mol. The van der Waals surface area contributed by atoms with Crippen molar-refractivity contribution in [2.24, 2.45) is 0 Å². The molecule has 0 saturated carbocycles. The fourth-order valence-electron chi connectivity index (χ4n) is 1.69. The van der Waals surface area contributed by atoms with E-state index in [2.05, 4.69) is 6.58 Å². The second-order valence-electron chi connectivity index (χ2n) is 4.38. The van der Waals surface area contributed by atoms with E-state index in [4.69, 9.17) is 4.74 Å². The zero-order valence-corrected chi connectivity index (χ0v) is 11.0. The summed E-state index contributed by atoms with van der Waals surface area (Å²) in [5, 5.41) is 0. The predicted molar refractivity (Wildman–Crippen MR) is 68.7 cm³/mol. The molecule has 0 radical (unpaired) electrons. The molecule has 4 heteroatoms. The van der Waals surface area contributed by atoms with Crippen LogP contribution in [-0.4, -0.2) is 19.0 Å². The van der Waals surface area contributed by atoms with Crippen LogP contribution in [0, 0.1) is 0 Å². The maximum absolute atomic E-state index is 11.8. The molecule has 0 N–H and O–H groups in total. The first-order chi connectivity index (χ1) is 8.66. The van der Waals surface area contributed by atoms with Crippen molar-refractivity contribution in [3.8, 4) is 0 Å². The van der Waals surface area contributed by atoms with E-state index in [1.807, 2.05) is 0 Å². The van der Waals surface area contributed by atoms with E-state index in [-0.39, 0.29) is 12.4 Å². The lowest BCUT2D eigenvalue weighted by atomic mass is 10.1. The van der Waals surface area contributed by atoms with E-state index in [9.17, 15) is 13.6 Å². The van der Waals surface area contributed by atoms with Crippen LogP contribution in [0.1, 0.15) is 57.8 Å². The number of unbranched alkanes of at least 4 members (excludes halogenated alkanes) is 7. The highest BCUT2D eigenvalue weighted by molar-refractivity contribution is 5.81. The van der Waals surface area contributed by atoms with Crippen molar-refractivity contribution in [1.82, 2.24) is 0 Å². The Morgan fingerprint density at radius 2 is 1.50 bits per heavy atom. The summed E-state index contributed by atoms with van der Waals surface area (Å²) in [6.45, 7) is 3.77. The van der Waals surface area contributed by atoms with Crippen molar-refractivity contribution in [2.75, 3.05) is 6.61 Å². The Morgan fingerprint density at radius 3 is 2.00 bits per heavy atom. The molecule has 106 valence electrons. The van der Waals surface area contributed by atoms with Crippen LogP contribution >= 0.6 is 0 Å². The number of carbonyl (C=O) groups excluding carboxylic acids is 1. The number of rotatable bonds is 12. The Hall–Kier alpha value is -0.930. The van der Waals surface area contributed by atoms with E-state index >= 15 is 0 Å². The molecule has 18 heavy (non-hydrogen) atoms. The van der Waals surface area contributed by atoms with Gasteiger partial charge in [0, 0.05) is 12.5 Å². The summed E-state index contributed by atoms with van der Waals surface area (Å²) in [7, 11) is 0. The Kier molecular flexibility index (Phi) is 11.9. The molecule has 0 aliphatic rings. The van der Waals surface area contributed by atoms with Crippen molar-refractivity contribution in [3.05, 3.63) is 12.7 Å². The van der Waals surface area contributed by atoms with Gasteiger partial charge >= 0.3 is 5.97 Å². The van der Waals surface area contributed by atoms with Gasteiger partial charge in [0.05, 0.1) is 6.61 Å². The number of carbonyl (C=O) groups is 1. The second-order valence-corrected chi connectivity index (χ2v) is 4.38. The Labute approximate surface area is 108 Å². The standard InChI is InChI=1S/C14H24F2O2/c1-2-14(17)18-12-10-8-6-4-3-5-7-9-11-13(15)16/h2,13H,1,3-12H2. The molecule has 0 aromatic heterocycles. The molecule has 0 amide bonds. The number of alkyl halides is 2. The topological polar surface area (TPSA) is 26.3 Å². The maximum atomic E-state index is 11.8. The predicted octanol–water partition coefficient (Wildman–Crippen LogP) is 4.49. The van der Waals surface area contributed by atoms with Crippen molar-refractivity contribution >= 4 is 5.97 Å². The highest BCUT2D eigenvalue weighted by Crippen LogP contribution is 2.12. The number of halogens is 2. The number of esters is 1. The van der Waals surface area contributed by atoms with Crippen molar-refractivity contribution in [1.29, 1.82) is 0 Å². The lowest BCUT2D eigenvalue weighted by Gasteiger charge is -2.03. The zero-order chi connectivity index (χ0) is 13.6. The minimum atomic E-state index is -2.15. The smallest absolute Gasteiger partial charge is 0.330 e. The summed E-state index contributed by atoms with van der Waals surface area (Å²) in [4.78, 5) is 10.7. The lowest BCUT2D eigenvalue weighted by molar-refractivity contribution is -0.137. The number of hydrogen-bond donors (Lipinski definition) is 0. The summed E-state index contributed by atoms with van der Waals surface area (Å²) in [5.74, 6) is -0.367. The summed E-state index contributed by atoms with van der Waals surface area (Å²) >= 11 is 0. The molecule has 0 rings (SSSR count). The van der Waals surface area contributed by atoms with Gasteiger partial charge in [-0.25, -0.2) is 13.6 Å². The highest BCUT2D eigenvalue weighted by Gasteiger charge is 2.00. The van der Waals surface area contributed by atoms with Crippen LogP contribution in [-0.2, 0) is 9.53 Å². The average Bonchev–Trinajstić information content (AvgIpc) is 2.35. The van der Waals surface area contributed by atoms with Gasteiger partial charge in [-0.15, -0.1) is 0 Å². The van der Waals surface area contributed by atoms with Crippen molar-refractivity contribution in [2.45, 2.75) is 64.2 Å². The van der Waals surface area contributed by atoms with Gasteiger partial charge in [0.25, 0.3) is 0 Å². The van der Waals surface area contributed by atoms with Crippen LogP contribution in [0.25, 0.3) is 0 Å².